The molecule has 0 radical (unpaired) electrons. The molecule has 1 saturated heterocycles. The molecule has 1 amide bonds. The van der Waals surface area contributed by atoms with Crippen LogP contribution in [0.4, 0.5) is 0 Å². The van der Waals surface area contributed by atoms with Gasteiger partial charge in [0.1, 0.15) is 5.75 Å². The van der Waals surface area contributed by atoms with Gasteiger partial charge >= 0.3 is 0 Å². The van der Waals surface area contributed by atoms with Crippen LogP contribution in [-0.4, -0.2) is 36.5 Å². The molecule has 0 aliphatic carbocycles. The molecule has 2 aromatic rings. The van der Waals surface area contributed by atoms with E-state index < -0.39 is 0 Å². The predicted molar refractivity (Wildman–Crippen MR) is 128 cm³/mol. The molecule has 2 aromatic carbocycles. The molecule has 1 fully saturated rings. The molecular weight excluding hydrogens is 384 g/mol. The molecule has 31 heavy (non-hydrogen) atoms. The van der Waals surface area contributed by atoms with E-state index in [-0.39, 0.29) is 23.5 Å². The number of piperidine rings is 1. The van der Waals surface area contributed by atoms with Gasteiger partial charge in [-0.25, -0.2) is 0 Å². The highest BCUT2D eigenvalue weighted by molar-refractivity contribution is 5.94. The van der Waals surface area contributed by atoms with Crippen LogP contribution in [0.15, 0.2) is 48.5 Å². The number of benzene rings is 2. The lowest BCUT2D eigenvalue weighted by Crippen LogP contribution is -2.40. The normalized spacial score (nSPS) is 16.2. The molecule has 0 unspecified atom stereocenters. The maximum Gasteiger partial charge on any atom is 0.251 e. The van der Waals surface area contributed by atoms with Crippen molar-refractivity contribution in [1.82, 2.24) is 10.2 Å². The largest absolute Gasteiger partial charge is 0.491 e. The average molecular weight is 423 g/mol. The Morgan fingerprint density at radius 3 is 2.13 bits per heavy atom. The van der Waals surface area contributed by atoms with Gasteiger partial charge in [-0.15, -0.1) is 0 Å². The molecule has 4 heteroatoms. The summed E-state index contributed by atoms with van der Waals surface area (Å²) >= 11 is 0. The summed E-state index contributed by atoms with van der Waals surface area (Å²) in [5, 5.41) is 3.18. The highest BCUT2D eigenvalue weighted by atomic mass is 16.5. The Bertz CT molecular complexity index is 829. The van der Waals surface area contributed by atoms with Crippen LogP contribution in [0, 0.1) is 0 Å². The van der Waals surface area contributed by atoms with E-state index in [9.17, 15) is 4.79 Å². The summed E-state index contributed by atoms with van der Waals surface area (Å²) in [5.41, 5.74) is 3.41. The summed E-state index contributed by atoms with van der Waals surface area (Å²) < 4.78 is 5.68. The van der Waals surface area contributed by atoms with Crippen LogP contribution in [0.3, 0.4) is 0 Å². The molecule has 1 heterocycles. The lowest BCUT2D eigenvalue weighted by Gasteiger charge is -2.35. The van der Waals surface area contributed by atoms with E-state index in [2.05, 4.69) is 55.3 Å². The second-order valence-electron chi connectivity index (χ2n) is 9.89. The van der Waals surface area contributed by atoms with Gasteiger partial charge in [-0.05, 0) is 80.6 Å². The zero-order chi connectivity index (χ0) is 22.4. The van der Waals surface area contributed by atoms with Crippen molar-refractivity contribution in [3.63, 3.8) is 0 Å². The van der Waals surface area contributed by atoms with E-state index in [0.29, 0.717) is 12.1 Å². The Morgan fingerprint density at radius 2 is 1.58 bits per heavy atom. The first kappa shape index (κ1) is 23.3. The Kier molecular flexibility index (Phi) is 7.77. The number of nitrogens with one attached hydrogen (secondary N) is 1. The van der Waals surface area contributed by atoms with E-state index in [1.54, 1.807) is 0 Å². The SMILES string of the molecule is CC(C)Oc1ccc(C(=O)NC[C@H](c2ccc(C(C)(C)C)cc2)N2CCCCC2)cc1. The molecule has 1 N–H and O–H groups in total. The lowest BCUT2D eigenvalue weighted by molar-refractivity contribution is 0.0924. The van der Waals surface area contributed by atoms with E-state index in [1.165, 1.54) is 30.4 Å². The van der Waals surface area contributed by atoms with E-state index in [1.807, 2.05) is 38.1 Å². The predicted octanol–water partition coefficient (Wildman–Crippen LogP) is 5.73. The summed E-state index contributed by atoms with van der Waals surface area (Å²) in [7, 11) is 0. The molecule has 1 aliphatic heterocycles. The topological polar surface area (TPSA) is 41.6 Å². The minimum Gasteiger partial charge on any atom is -0.491 e. The fourth-order valence-electron chi connectivity index (χ4n) is 4.14. The monoisotopic (exact) mass is 422 g/mol. The molecule has 4 nitrogen and oxygen atoms in total. The van der Waals surface area contributed by atoms with Gasteiger partial charge in [0.25, 0.3) is 5.91 Å². The fourth-order valence-corrected chi connectivity index (χ4v) is 4.14. The number of likely N-dealkylation sites (tertiary alicyclic amines) is 1. The van der Waals surface area contributed by atoms with E-state index >= 15 is 0 Å². The Morgan fingerprint density at radius 1 is 0.968 bits per heavy atom. The number of amides is 1. The summed E-state index contributed by atoms with van der Waals surface area (Å²) in [6.07, 6.45) is 3.86. The van der Waals surface area contributed by atoms with Crippen LogP contribution >= 0.6 is 0 Å². The van der Waals surface area contributed by atoms with Crippen LogP contribution in [-0.2, 0) is 5.41 Å². The average Bonchev–Trinajstić information content (AvgIpc) is 2.74. The van der Waals surface area contributed by atoms with Gasteiger partial charge in [0.15, 0.2) is 0 Å². The number of hydrogen-bond donors (Lipinski definition) is 1. The second-order valence-corrected chi connectivity index (χ2v) is 9.89. The molecule has 0 aromatic heterocycles. The number of carbonyl (C=O) groups excluding carboxylic acids is 1. The number of ether oxygens (including phenoxy) is 1. The first-order valence-corrected chi connectivity index (χ1v) is 11.6. The molecule has 1 aliphatic rings. The standard InChI is InChI=1S/C27H38N2O2/c1-20(2)31-24-15-11-22(12-16-24)26(30)28-19-25(29-17-7-6-8-18-29)21-9-13-23(14-10-21)27(3,4)5/h9-16,20,25H,6-8,17-19H2,1-5H3,(H,28,30)/t25-/m1/s1. The van der Waals surface area contributed by atoms with Crippen molar-refractivity contribution in [3.05, 3.63) is 65.2 Å². The van der Waals surface area contributed by atoms with Crippen molar-refractivity contribution < 1.29 is 9.53 Å². The third kappa shape index (κ3) is 6.57. The van der Waals surface area contributed by atoms with Crippen molar-refractivity contribution in [3.8, 4) is 5.75 Å². The first-order valence-electron chi connectivity index (χ1n) is 11.6. The molecule has 0 spiro atoms. The first-order chi connectivity index (χ1) is 14.7. The van der Waals surface area contributed by atoms with Crippen LogP contribution in [0.1, 0.15) is 81.4 Å². The number of nitrogens with zero attached hydrogens (tertiary/aromatic N) is 1. The molecule has 0 bridgehead atoms. The minimum absolute atomic E-state index is 0.0376. The lowest BCUT2D eigenvalue weighted by atomic mass is 9.86. The minimum atomic E-state index is -0.0376. The number of hydrogen-bond acceptors (Lipinski definition) is 3. The molecular formula is C27H38N2O2. The van der Waals surface area contributed by atoms with Crippen molar-refractivity contribution in [2.45, 2.75) is 71.4 Å². The van der Waals surface area contributed by atoms with Gasteiger partial charge in [0.05, 0.1) is 12.1 Å². The number of rotatable bonds is 7. The van der Waals surface area contributed by atoms with Crippen LogP contribution in [0.5, 0.6) is 5.75 Å². The Hall–Kier alpha value is -2.33. The summed E-state index contributed by atoms with van der Waals surface area (Å²) in [6, 6.07) is 16.5. The van der Waals surface area contributed by atoms with Gasteiger partial charge < -0.3 is 10.1 Å². The van der Waals surface area contributed by atoms with Gasteiger partial charge in [-0.3, -0.25) is 9.69 Å². The van der Waals surface area contributed by atoms with Crippen molar-refractivity contribution >= 4 is 5.91 Å². The molecule has 168 valence electrons. The van der Waals surface area contributed by atoms with Crippen LogP contribution in [0.2, 0.25) is 0 Å². The van der Waals surface area contributed by atoms with Gasteiger partial charge in [0, 0.05) is 12.1 Å². The Labute approximate surface area is 188 Å². The molecule has 0 saturated carbocycles. The highest BCUT2D eigenvalue weighted by Gasteiger charge is 2.24. The number of carbonyl (C=O) groups is 1. The molecule has 1 atom stereocenters. The maximum absolute atomic E-state index is 12.8. The van der Waals surface area contributed by atoms with Gasteiger partial charge in [-0.2, -0.15) is 0 Å². The van der Waals surface area contributed by atoms with Gasteiger partial charge in [-0.1, -0.05) is 51.5 Å². The van der Waals surface area contributed by atoms with E-state index in [0.717, 1.165) is 18.8 Å². The smallest absolute Gasteiger partial charge is 0.251 e. The van der Waals surface area contributed by atoms with E-state index in [4.69, 9.17) is 4.74 Å². The fraction of sp³-hybridized carbons (Fsp3) is 0.519. The second kappa shape index (κ2) is 10.3. The third-order valence-electron chi connectivity index (χ3n) is 5.94. The van der Waals surface area contributed by atoms with Crippen LogP contribution in [0.25, 0.3) is 0 Å². The maximum atomic E-state index is 12.8. The summed E-state index contributed by atoms with van der Waals surface area (Å²) in [5.74, 6) is 0.751. The zero-order valence-corrected chi connectivity index (χ0v) is 19.8. The summed E-state index contributed by atoms with van der Waals surface area (Å²) in [6.45, 7) is 13.5. The highest BCUT2D eigenvalue weighted by Crippen LogP contribution is 2.28. The zero-order valence-electron chi connectivity index (χ0n) is 19.8. The summed E-state index contributed by atoms with van der Waals surface area (Å²) in [4.78, 5) is 15.3. The van der Waals surface area contributed by atoms with Crippen molar-refractivity contribution in [2.24, 2.45) is 0 Å². The van der Waals surface area contributed by atoms with Crippen molar-refractivity contribution in [2.75, 3.05) is 19.6 Å². The van der Waals surface area contributed by atoms with Crippen LogP contribution < -0.4 is 10.1 Å². The quantitative estimate of drug-likeness (QED) is 0.620. The Balaban J connectivity index is 1.70. The molecule has 3 rings (SSSR count). The third-order valence-corrected chi connectivity index (χ3v) is 5.94. The van der Waals surface area contributed by atoms with Crippen molar-refractivity contribution in [1.29, 1.82) is 0 Å². The van der Waals surface area contributed by atoms with Gasteiger partial charge in [0.2, 0.25) is 0 Å².